The summed E-state index contributed by atoms with van der Waals surface area (Å²) in [4.78, 5) is 49.2. The Morgan fingerprint density at radius 2 is 2.19 bits per heavy atom. The average Bonchev–Trinajstić information content (AvgIpc) is 3.15. The number of rotatable bonds is 11. The number of carboxylic acid groups (broad SMARTS) is 1. The van der Waals surface area contributed by atoms with Crippen molar-refractivity contribution in [1.82, 2.24) is 30.4 Å². The third kappa shape index (κ3) is 5.01. The van der Waals surface area contributed by atoms with Crippen LogP contribution in [0.15, 0.2) is 16.4 Å². The molecular weight excluding hydrogens is 470 g/mol. The number of aliphatic carboxylic acids is 1. The van der Waals surface area contributed by atoms with Crippen LogP contribution in [0.4, 0.5) is 0 Å². The number of tetrazole rings is 1. The molecule has 2 N–H and O–H groups in total. The minimum absolute atomic E-state index is 0.0745. The zero-order chi connectivity index (χ0) is 23.2. The zero-order valence-corrected chi connectivity index (χ0v) is 18.7. The summed E-state index contributed by atoms with van der Waals surface area (Å²) < 4.78 is 6.50. The van der Waals surface area contributed by atoms with Gasteiger partial charge in [0.2, 0.25) is 11.1 Å². The standard InChI is InChI=1S/C15H17N7O6S3/c1-21-14(18-19-20-21)31-6-8(5-23)10(11(25)26)22-12(27)15(28-2,13(22)29)17-9(24)7-30-4-3-16/h5,13,29H,4,6-7H2,1-2H3,(H,17,24)(H,25,26)/t13-,15+/m1/s1. The molecule has 0 spiro atoms. The normalized spacial score (nSPS) is 21.0. The van der Waals surface area contributed by atoms with Crippen molar-refractivity contribution in [1.29, 1.82) is 5.26 Å². The van der Waals surface area contributed by atoms with Gasteiger partial charge in [-0.15, -0.1) is 29.5 Å². The van der Waals surface area contributed by atoms with E-state index in [0.29, 0.717) is 11.4 Å². The predicted octanol–water partition coefficient (Wildman–Crippen LogP) is -1.35. The molecule has 1 aromatic rings. The number of carboxylic acids is 1. The predicted molar refractivity (Wildman–Crippen MR) is 111 cm³/mol. The Balaban J connectivity index is 2.25. The van der Waals surface area contributed by atoms with Crippen LogP contribution in [-0.2, 0) is 31.0 Å². The second-order valence-corrected chi connectivity index (χ2v) is 8.28. The highest BCUT2D eigenvalue weighted by atomic mass is 32.2. The van der Waals surface area contributed by atoms with Crippen LogP contribution in [0, 0.1) is 11.3 Å². The molecule has 0 aromatic carbocycles. The van der Waals surface area contributed by atoms with Crippen molar-refractivity contribution < 1.29 is 29.0 Å². The fraction of sp³-hybridized carbons (Fsp3) is 0.467. The second kappa shape index (κ2) is 10.6. The molecule has 2 amide bonds. The molecule has 2 heterocycles. The molecule has 1 fully saturated rings. The van der Waals surface area contributed by atoms with E-state index in [9.17, 15) is 24.3 Å². The van der Waals surface area contributed by atoms with Gasteiger partial charge in [0.15, 0.2) is 0 Å². The van der Waals surface area contributed by atoms with Crippen LogP contribution in [-0.4, -0.2) is 89.8 Å². The first kappa shape index (κ1) is 24.7. The van der Waals surface area contributed by atoms with Gasteiger partial charge >= 0.3 is 5.97 Å². The van der Waals surface area contributed by atoms with Crippen LogP contribution in [0.25, 0.3) is 0 Å². The molecule has 0 bridgehead atoms. The number of hydrogen-bond donors (Lipinski definition) is 3. The zero-order valence-electron chi connectivity index (χ0n) is 16.2. The topological polar surface area (TPSA) is 180 Å². The first-order chi connectivity index (χ1) is 14.7. The number of thiol groups is 1. The van der Waals surface area contributed by atoms with Crippen molar-refractivity contribution in [3.05, 3.63) is 11.3 Å². The van der Waals surface area contributed by atoms with Crippen LogP contribution >= 0.6 is 36.2 Å². The maximum absolute atomic E-state index is 12.9. The molecule has 13 nitrogen and oxygen atoms in total. The highest BCUT2D eigenvalue weighted by molar-refractivity contribution is 8.00. The fourth-order valence-electron chi connectivity index (χ4n) is 2.57. The molecule has 2 atom stereocenters. The van der Waals surface area contributed by atoms with Crippen LogP contribution in [0.3, 0.4) is 0 Å². The molecule has 0 radical (unpaired) electrons. The van der Waals surface area contributed by atoms with Crippen molar-refractivity contribution in [2.24, 2.45) is 7.05 Å². The van der Waals surface area contributed by atoms with Crippen molar-refractivity contribution in [3.63, 3.8) is 0 Å². The number of amides is 2. The molecule has 0 aliphatic carbocycles. The lowest BCUT2D eigenvalue weighted by Gasteiger charge is -2.52. The largest absolute Gasteiger partial charge is 0.477 e. The van der Waals surface area contributed by atoms with Gasteiger partial charge in [0, 0.05) is 25.5 Å². The number of aryl methyl sites for hydroxylation is 1. The molecule has 1 aliphatic rings. The Morgan fingerprint density at radius 1 is 1.48 bits per heavy atom. The number of nitrogens with one attached hydrogen (secondary N) is 1. The van der Waals surface area contributed by atoms with E-state index in [-0.39, 0.29) is 22.8 Å². The molecule has 0 saturated carbocycles. The minimum Gasteiger partial charge on any atom is -0.477 e. The summed E-state index contributed by atoms with van der Waals surface area (Å²) in [5, 5.41) is 30.5. The van der Waals surface area contributed by atoms with E-state index in [2.05, 4.69) is 33.5 Å². The number of carbonyl (C=O) groups is 4. The van der Waals surface area contributed by atoms with E-state index in [1.165, 1.54) is 4.68 Å². The van der Waals surface area contributed by atoms with Crippen molar-refractivity contribution in [2.45, 2.75) is 16.3 Å². The lowest BCUT2D eigenvalue weighted by molar-refractivity contribution is -0.191. The number of nitrogens with zero attached hydrogens (tertiary/aromatic N) is 6. The average molecular weight is 488 g/mol. The van der Waals surface area contributed by atoms with Crippen molar-refractivity contribution in [3.8, 4) is 6.07 Å². The summed E-state index contributed by atoms with van der Waals surface area (Å²) in [5.74, 6) is -3.22. The maximum Gasteiger partial charge on any atom is 0.353 e. The second-order valence-electron chi connectivity index (χ2n) is 5.86. The van der Waals surface area contributed by atoms with E-state index >= 15 is 0 Å². The van der Waals surface area contributed by atoms with E-state index in [0.717, 1.165) is 35.5 Å². The van der Waals surface area contributed by atoms with E-state index in [4.69, 9.17) is 10.00 Å². The quantitative estimate of drug-likeness (QED) is 0.0636. The lowest BCUT2D eigenvalue weighted by atomic mass is 9.99. The Morgan fingerprint density at radius 3 is 2.68 bits per heavy atom. The first-order valence-electron chi connectivity index (χ1n) is 8.32. The number of hydrogen-bond acceptors (Lipinski definition) is 12. The van der Waals surface area contributed by atoms with E-state index in [1.807, 2.05) is 6.07 Å². The Bertz CT molecular complexity index is 961. The van der Waals surface area contributed by atoms with Gasteiger partial charge in [-0.2, -0.15) is 5.26 Å². The first-order valence-corrected chi connectivity index (χ1v) is 11.0. The minimum atomic E-state index is -1.91. The highest BCUT2D eigenvalue weighted by Gasteiger charge is 2.63. The number of methoxy groups -OCH3 is 1. The summed E-state index contributed by atoms with van der Waals surface area (Å²) in [5.41, 5.74) is -2.72. The summed E-state index contributed by atoms with van der Waals surface area (Å²) in [7, 11) is 2.72. The Kier molecular flexibility index (Phi) is 8.44. The summed E-state index contributed by atoms with van der Waals surface area (Å²) in [6.07, 6.45) is 0.317. The molecule has 0 unspecified atom stereocenters. The third-order valence-corrected chi connectivity index (χ3v) is 6.47. The number of nitriles is 1. The third-order valence-electron chi connectivity index (χ3n) is 4.02. The highest BCUT2D eigenvalue weighted by Crippen LogP contribution is 2.39. The van der Waals surface area contributed by atoms with Gasteiger partial charge in [-0.1, -0.05) is 11.8 Å². The number of carbonyl (C=O) groups excluding carboxylic acids is 3. The van der Waals surface area contributed by atoms with Gasteiger partial charge in [-0.25, -0.2) is 9.48 Å². The van der Waals surface area contributed by atoms with Gasteiger partial charge in [-0.3, -0.25) is 19.3 Å². The van der Waals surface area contributed by atoms with Gasteiger partial charge in [-0.05, 0) is 10.4 Å². The number of ether oxygens (including phenoxy) is 1. The molecule has 1 aromatic heterocycles. The molecule has 16 heteroatoms. The number of aromatic nitrogens is 4. The van der Waals surface area contributed by atoms with Gasteiger partial charge in [0.1, 0.15) is 17.4 Å². The fourth-order valence-corrected chi connectivity index (χ4v) is 4.33. The summed E-state index contributed by atoms with van der Waals surface area (Å²) in [6, 6.07) is 1.87. The molecule has 2 rings (SSSR count). The van der Waals surface area contributed by atoms with Crippen LogP contribution in [0.1, 0.15) is 0 Å². The van der Waals surface area contributed by atoms with Crippen LogP contribution < -0.4 is 5.32 Å². The maximum atomic E-state index is 12.9. The van der Waals surface area contributed by atoms with E-state index in [1.54, 1.807) is 7.05 Å². The molecule has 31 heavy (non-hydrogen) atoms. The molecule has 166 valence electrons. The van der Waals surface area contributed by atoms with Crippen molar-refractivity contribution in [2.75, 3.05) is 24.4 Å². The van der Waals surface area contributed by atoms with Crippen LogP contribution in [0.2, 0.25) is 0 Å². The molecule has 1 aliphatic heterocycles. The summed E-state index contributed by atoms with van der Waals surface area (Å²) >= 11 is 6.27. The van der Waals surface area contributed by atoms with Crippen molar-refractivity contribution >= 4 is 60.2 Å². The number of aldehydes is 1. The van der Waals surface area contributed by atoms with Crippen LogP contribution in [0.5, 0.6) is 0 Å². The number of β-lactam (4-membered cyclic amide) rings is 1. The molecular formula is C15H17N7O6S3. The molecule has 1 saturated heterocycles. The Labute approximate surface area is 189 Å². The van der Waals surface area contributed by atoms with Gasteiger partial charge in [0.05, 0.1) is 17.6 Å². The van der Waals surface area contributed by atoms with E-state index < -0.39 is 34.6 Å². The number of thioether (sulfide) groups is 2. The Hall–Kier alpha value is -2.61. The van der Waals surface area contributed by atoms with Gasteiger partial charge in [0.25, 0.3) is 11.6 Å². The van der Waals surface area contributed by atoms with Gasteiger partial charge < -0.3 is 15.2 Å². The number of likely N-dealkylation sites (tertiary alicyclic amines) is 1. The SMILES string of the molecule is CO[C@@]1(NC(=O)CSCC#N)C(=O)N(C(C(=O)O)=C(C=O)CSc2nnnn2C)[C@@H]1S. The monoisotopic (exact) mass is 487 g/mol. The smallest absolute Gasteiger partial charge is 0.353 e. The lowest BCUT2D eigenvalue weighted by Crippen LogP contribution is -2.79. The summed E-state index contributed by atoms with van der Waals surface area (Å²) in [6.45, 7) is 0.